The quantitative estimate of drug-likeness (QED) is 0.306. The van der Waals surface area contributed by atoms with Crippen LogP contribution >= 0.6 is 11.6 Å². The van der Waals surface area contributed by atoms with Gasteiger partial charge in [-0.15, -0.1) is 0 Å². The van der Waals surface area contributed by atoms with Crippen LogP contribution in [-0.4, -0.2) is 34.0 Å². The Hall–Kier alpha value is -4.23. The first-order valence-corrected chi connectivity index (χ1v) is 10.8. The lowest BCUT2D eigenvalue weighted by atomic mass is 9.98. The minimum atomic E-state index is -0.777. The summed E-state index contributed by atoms with van der Waals surface area (Å²) in [5.74, 6) is -1.22. The van der Waals surface area contributed by atoms with Crippen LogP contribution in [0, 0.1) is 6.92 Å². The normalized spacial score (nSPS) is 10.5. The molecule has 1 N–H and O–H groups in total. The summed E-state index contributed by atoms with van der Waals surface area (Å²) in [6.07, 6.45) is 0. The molecule has 0 atom stereocenters. The second-order valence-corrected chi connectivity index (χ2v) is 7.86. The van der Waals surface area contributed by atoms with Gasteiger partial charge in [-0.25, -0.2) is 9.48 Å². The van der Waals surface area contributed by atoms with Crippen LogP contribution in [0.2, 0.25) is 5.02 Å². The number of carbonyl (C=O) groups is 3. The van der Waals surface area contributed by atoms with Crippen molar-refractivity contribution in [2.24, 2.45) is 0 Å². The monoisotopic (exact) mass is 473 g/mol. The van der Waals surface area contributed by atoms with Gasteiger partial charge in [0.15, 0.2) is 12.4 Å². The highest BCUT2D eigenvalue weighted by Crippen LogP contribution is 2.19. The lowest BCUT2D eigenvalue weighted by Crippen LogP contribution is -2.23. The van der Waals surface area contributed by atoms with E-state index in [1.165, 1.54) is 12.1 Å². The smallest absolute Gasteiger partial charge is 0.339 e. The van der Waals surface area contributed by atoms with Crippen molar-refractivity contribution in [1.29, 1.82) is 0 Å². The van der Waals surface area contributed by atoms with E-state index in [1.54, 1.807) is 47.1 Å². The maximum Gasteiger partial charge on any atom is 0.339 e. The van der Waals surface area contributed by atoms with Gasteiger partial charge in [0.1, 0.15) is 5.82 Å². The third kappa shape index (κ3) is 5.22. The van der Waals surface area contributed by atoms with Crippen LogP contribution in [0.15, 0.2) is 84.9 Å². The molecule has 0 spiro atoms. The largest absolute Gasteiger partial charge is 0.452 e. The molecule has 1 aromatic heterocycles. The Morgan fingerprint density at radius 3 is 2.26 bits per heavy atom. The summed E-state index contributed by atoms with van der Waals surface area (Å²) in [5, 5.41) is 7.60. The molecule has 1 amide bonds. The molecular weight excluding hydrogens is 454 g/mol. The van der Waals surface area contributed by atoms with Crippen molar-refractivity contribution >= 4 is 35.1 Å². The number of carbonyl (C=O) groups excluding carboxylic acids is 3. The third-order valence-corrected chi connectivity index (χ3v) is 5.18. The lowest BCUT2D eigenvalue weighted by molar-refractivity contribution is -0.119. The highest BCUT2D eigenvalue weighted by Gasteiger charge is 2.20. The average Bonchev–Trinajstić information content (AvgIpc) is 3.22. The third-order valence-electron chi connectivity index (χ3n) is 4.93. The number of rotatable bonds is 7. The second-order valence-electron chi connectivity index (χ2n) is 7.42. The Morgan fingerprint density at radius 2 is 1.56 bits per heavy atom. The molecule has 8 heteroatoms. The zero-order chi connectivity index (χ0) is 24.1. The minimum Gasteiger partial charge on any atom is -0.452 e. The minimum absolute atomic E-state index is 0.0698. The maximum absolute atomic E-state index is 12.9. The van der Waals surface area contributed by atoms with Crippen molar-refractivity contribution in [2.75, 3.05) is 11.9 Å². The Morgan fingerprint density at radius 1 is 0.912 bits per heavy atom. The number of nitrogens with one attached hydrogen (secondary N) is 1. The molecule has 0 aliphatic carbocycles. The van der Waals surface area contributed by atoms with Crippen LogP contribution in [0.25, 0.3) is 5.69 Å². The van der Waals surface area contributed by atoms with Crippen LogP contribution in [0.4, 0.5) is 5.82 Å². The molecule has 4 aromatic rings. The first-order valence-electron chi connectivity index (χ1n) is 10.4. The molecule has 4 rings (SSSR count). The van der Waals surface area contributed by atoms with E-state index >= 15 is 0 Å². The predicted octanol–water partition coefficient (Wildman–Crippen LogP) is 4.86. The first kappa shape index (κ1) is 22.9. The summed E-state index contributed by atoms with van der Waals surface area (Å²) in [5.41, 5.74) is 2.11. The fourth-order valence-electron chi connectivity index (χ4n) is 3.36. The van der Waals surface area contributed by atoms with Gasteiger partial charge in [-0.2, -0.15) is 5.10 Å². The van der Waals surface area contributed by atoms with Gasteiger partial charge in [-0.05, 0) is 49.4 Å². The van der Waals surface area contributed by atoms with Crippen molar-refractivity contribution in [1.82, 2.24) is 9.78 Å². The molecule has 0 radical (unpaired) electrons. The highest BCUT2D eigenvalue weighted by molar-refractivity contribution is 6.30. The molecule has 0 saturated carbocycles. The summed E-state index contributed by atoms with van der Waals surface area (Å²) in [6.45, 7) is 1.28. The molecule has 0 aliphatic heterocycles. The Balaban J connectivity index is 1.45. The number of nitrogens with zero attached hydrogens (tertiary/aromatic N) is 2. The standard InChI is InChI=1S/C26H20ClN3O4/c1-17-15-23(30(29-17)20-7-3-2-4-8-20)28-24(31)16-34-26(33)22-10-6-5-9-21(22)25(32)18-11-13-19(27)14-12-18/h2-15H,16H2,1H3,(H,28,31). The van der Waals surface area contributed by atoms with Crippen molar-refractivity contribution in [3.8, 4) is 5.69 Å². The maximum atomic E-state index is 12.9. The summed E-state index contributed by atoms with van der Waals surface area (Å²) >= 11 is 5.89. The summed E-state index contributed by atoms with van der Waals surface area (Å²) in [6, 6.07) is 23.7. The molecule has 170 valence electrons. The van der Waals surface area contributed by atoms with Gasteiger partial charge in [0, 0.05) is 22.2 Å². The van der Waals surface area contributed by atoms with E-state index in [0.717, 1.165) is 5.69 Å². The van der Waals surface area contributed by atoms with E-state index < -0.39 is 18.5 Å². The van der Waals surface area contributed by atoms with Crippen LogP contribution in [0.3, 0.4) is 0 Å². The van der Waals surface area contributed by atoms with E-state index in [-0.39, 0.29) is 16.9 Å². The predicted molar refractivity (Wildman–Crippen MR) is 129 cm³/mol. The fourth-order valence-corrected chi connectivity index (χ4v) is 3.48. The van der Waals surface area contributed by atoms with Gasteiger partial charge in [0.2, 0.25) is 0 Å². The molecule has 0 bridgehead atoms. The number of amides is 1. The number of anilines is 1. The lowest BCUT2D eigenvalue weighted by Gasteiger charge is -2.11. The van der Waals surface area contributed by atoms with Crippen LogP contribution < -0.4 is 5.32 Å². The number of halogens is 1. The number of aromatic nitrogens is 2. The van der Waals surface area contributed by atoms with Crippen LogP contribution in [-0.2, 0) is 9.53 Å². The number of ether oxygens (including phenoxy) is 1. The van der Waals surface area contributed by atoms with Crippen molar-refractivity contribution in [3.63, 3.8) is 0 Å². The summed E-state index contributed by atoms with van der Waals surface area (Å²) < 4.78 is 6.80. The van der Waals surface area contributed by atoms with E-state index in [2.05, 4.69) is 10.4 Å². The Kier molecular flexibility index (Phi) is 6.85. The molecule has 0 aliphatic rings. The molecule has 3 aromatic carbocycles. The van der Waals surface area contributed by atoms with Crippen molar-refractivity contribution in [2.45, 2.75) is 6.92 Å². The highest BCUT2D eigenvalue weighted by atomic mass is 35.5. The van der Waals surface area contributed by atoms with Gasteiger partial charge < -0.3 is 10.1 Å². The molecule has 1 heterocycles. The number of esters is 1. The molecule has 7 nitrogen and oxygen atoms in total. The van der Waals surface area contributed by atoms with Gasteiger partial charge in [0.05, 0.1) is 16.9 Å². The fraction of sp³-hybridized carbons (Fsp3) is 0.0769. The topological polar surface area (TPSA) is 90.3 Å². The van der Waals surface area contributed by atoms with E-state index in [4.69, 9.17) is 16.3 Å². The number of ketones is 1. The zero-order valence-electron chi connectivity index (χ0n) is 18.2. The van der Waals surface area contributed by atoms with Crippen LogP contribution in [0.1, 0.15) is 32.0 Å². The molecule has 0 unspecified atom stereocenters. The van der Waals surface area contributed by atoms with Gasteiger partial charge in [0.25, 0.3) is 5.91 Å². The van der Waals surface area contributed by atoms with Gasteiger partial charge in [-0.1, -0.05) is 48.0 Å². The van der Waals surface area contributed by atoms with E-state index in [1.807, 2.05) is 37.3 Å². The zero-order valence-corrected chi connectivity index (χ0v) is 19.0. The molecular formula is C26H20ClN3O4. The number of hydrogen-bond donors (Lipinski definition) is 1. The van der Waals surface area contributed by atoms with Gasteiger partial charge in [-0.3, -0.25) is 9.59 Å². The average molecular weight is 474 g/mol. The number of hydrogen-bond acceptors (Lipinski definition) is 5. The molecule has 0 fully saturated rings. The summed E-state index contributed by atoms with van der Waals surface area (Å²) in [4.78, 5) is 38.1. The number of para-hydroxylation sites is 1. The molecule has 34 heavy (non-hydrogen) atoms. The second kappa shape index (κ2) is 10.1. The Bertz CT molecular complexity index is 1350. The van der Waals surface area contributed by atoms with E-state index in [9.17, 15) is 14.4 Å². The SMILES string of the molecule is Cc1cc(NC(=O)COC(=O)c2ccccc2C(=O)c2ccc(Cl)cc2)n(-c2ccccc2)n1. The molecule has 0 saturated heterocycles. The van der Waals surface area contributed by atoms with E-state index in [0.29, 0.717) is 22.1 Å². The van der Waals surface area contributed by atoms with Crippen LogP contribution in [0.5, 0.6) is 0 Å². The van der Waals surface area contributed by atoms with Crippen molar-refractivity contribution < 1.29 is 19.1 Å². The van der Waals surface area contributed by atoms with Crippen molar-refractivity contribution in [3.05, 3.63) is 112 Å². The van der Waals surface area contributed by atoms with Gasteiger partial charge >= 0.3 is 5.97 Å². The first-order chi connectivity index (χ1) is 16.4. The Labute approximate surface area is 200 Å². The summed E-state index contributed by atoms with van der Waals surface area (Å²) in [7, 11) is 0. The number of aryl methyl sites for hydroxylation is 1. The number of benzene rings is 3.